The van der Waals surface area contributed by atoms with Gasteiger partial charge in [0.25, 0.3) is 0 Å². The summed E-state index contributed by atoms with van der Waals surface area (Å²) < 4.78 is 5.40. The van der Waals surface area contributed by atoms with E-state index in [2.05, 4.69) is 6.07 Å². The van der Waals surface area contributed by atoms with Gasteiger partial charge >= 0.3 is 0 Å². The summed E-state index contributed by atoms with van der Waals surface area (Å²) in [5.41, 5.74) is 0.0124. The molecule has 0 N–H and O–H groups in total. The molecule has 0 aromatic heterocycles. The smallest absolute Gasteiger partial charge is 0.0689 e. The molecule has 0 aromatic rings. The van der Waals surface area contributed by atoms with Gasteiger partial charge in [0.2, 0.25) is 0 Å². The summed E-state index contributed by atoms with van der Waals surface area (Å²) in [6.45, 7) is 1.82. The summed E-state index contributed by atoms with van der Waals surface area (Å²) in [5, 5.41) is 9.52. The van der Waals surface area contributed by atoms with E-state index in [1.54, 1.807) is 0 Å². The average Bonchev–Trinajstić information content (AvgIpc) is 2.57. The molecule has 2 nitrogen and oxygen atoms in total. The van der Waals surface area contributed by atoms with Crippen molar-refractivity contribution in [1.82, 2.24) is 0 Å². The molecule has 0 aromatic carbocycles. The number of rotatable bonds is 2. The molecule has 1 aliphatic carbocycles. The Hall–Kier alpha value is -0.550. The van der Waals surface area contributed by atoms with Crippen LogP contribution in [-0.4, -0.2) is 13.2 Å². The molecule has 0 amide bonds. The summed E-state index contributed by atoms with van der Waals surface area (Å²) in [7, 11) is 0. The topological polar surface area (TPSA) is 33.0 Å². The second-order valence-electron chi connectivity index (χ2n) is 5.57. The van der Waals surface area contributed by atoms with Crippen LogP contribution in [-0.2, 0) is 4.74 Å². The second kappa shape index (κ2) is 5.68. The van der Waals surface area contributed by atoms with E-state index in [0.717, 1.165) is 38.4 Å². The lowest BCUT2D eigenvalue weighted by Crippen LogP contribution is -2.26. The normalized spacial score (nSPS) is 26.9. The van der Waals surface area contributed by atoms with E-state index < -0.39 is 0 Å². The van der Waals surface area contributed by atoms with Gasteiger partial charge in [-0.1, -0.05) is 25.7 Å². The fourth-order valence-corrected chi connectivity index (χ4v) is 3.27. The number of nitriles is 1. The van der Waals surface area contributed by atoms with Crippen LogP contribution in [0.2, 0.25) is 0 Å². The van der Waals surface area contributed by atoms with Crippen molar-refractivity contribution in [2.24, 2.45) is 11.3 Å². The third kappa shape index (κ3) is 2.98. The average molecular weight is 221 g/mol. The second-order valence-corrected chi connectivity index (χ2v) is 5.57. The molecule has 0 radical (unpaired) electrons. The van der Waals surface area contributed by atoms with Gasteiger partial charge in [0.1, 0.15) is 0 Å². The standard InChI is InChI=1S/C14H23NO/c15-12-14(7-3-1-2-4-8-14)11-13-5-9-16-10-6-13/h13H,1-11H2. The minimum Gasteiger partial charge on any atom is -0.381 e. The van der Waals surface area contributed by atoms with E-state index in [9.17, 15) is 5.26 Å². The van der Waals surface area contributed by atoms with Gasteiger partial charge in [-0.3, -0.25) is 0 Å². The first-order valence-corrected chi connectivity index (χ1v) is 6.84. The quantitative estimate of drug-likeness (QED) is 0.666. The number of nitrogens with zero attached hydrogens (tertiary/aromatic N) is 1. The van der Waals surface area contributed by atoms with Crippen LogP contribution in [0.5, 0.6) is 0 Å². The predicted molar refractivity (Wildman–Crippen MR) is 63.9 cm³/mol. The Morgan fingerprint density at radius 3 is 2.25 bits per heavy atom. The molecule has 16 heavy (non-hydrogen) atoms. The first-order valence-electron chi connectivity index (χ1n) is 6.84. The molecule has 1 heterocycles. The highest BCUT2D eigenvalue weighted by atomic mass is 16.5. The van der Waals surface area contributed by atoms with E-state index in [0.29, 0.717) is 0 Å². The van der Waals surface area contributed by atoms with E-state index in [4.69, 9.17) is 4.74 Å². The van der Waals surface area contributed by atoms with Gasteiger partial charge in [0, 0.05) is 13.2 Å². The van der Waals surface area contributed by atoms with Crippen LogP contribution >= 0.6 is 0 Å². The largest absolute Gasteiger partial charge is 0.381 e. The number of ether oxygens (including phenoxy) is 1. The van der Waals surface area contributed by atoms with Crippen LogP contribution in [0.3, 0.4) is 0 Å². The van der Waals surface area contributed by atoms with Crippen molar-refractivity contribution in [2.75, 3.05) is 13.2 Å². The molecule has 0 unspecified atom stereocenters. The van der Waals surface area contributed by atoms with Crippen molar-refractivity contribution in [3.8, 4) is 6.07 Å². The van der Waals surface area contributed by atoms with Crippen molar-refractivity contribution >= 4 is 0 Å². The Morgan fingerprint density at radius 1 is 1.06 bits per heavy atom. The van der Waals surface area contributed by atoms with Crippen LogP contribution in [0.4, 0.5) is 0 Å². The third-order valence-electron chi connectivity index (χ3n) is 4.32. The van der Waals surface area contributed by atoms with Crippen molar-refractivity contribution < 1.29 is 4.74 Å². The lowest BCUT2D eigenvalue weighted by atomic mass is 9.73. The van der Waals surface area contributed by atoms with Gasteiger partial charge in [-0.2, -0.15) is 5.26 Å². The molecule has 0 spiro atoms. The van der Waals surface area contributed by atoms with Crippen molar-refractivity contribution in [3.63, 3.8) is 0 Å². The van der Waals surface area contributed by atoms with Crippen LogP contribution in [0, 0.1) is 22.7 Å². The maximum atomic E-state index is 9.52. The van der Waals surface area contributed by atoms with Gasteiger partial charge in [0.15, 0.2) is 0 Å². The van der Waals surface area contributed by atoms with Crippen LogP contribution in [0.25, 0.3) is 0 Å². The maximum absolute atomic E-state index is 9.52. The molecule has 0 bridgehead atoms. The lowest BCUT2D eigenvalue weighted by Gasteiger charge is -2.31. The molecule has 1 aliphatic heterocycles. The molecule has 90 valence electrons. The monoisotopic (exact) mass is 221 g/mol. The van der Waals surface area contributed by atoms with Gasteiger partial charge in [-0.25, -0.2) is 0 Å². The zero-order valence-corrected chi connectivity index (χ0v) is 10.2. The van der Waals surface area contributed by atoms with Gasteiger partial charge < -0.3 is 4.74 Å². The van der Waals surface area contributed by atoms with Crippen molar-refractivity contribution in [3.05, 3.63) is 0 Å². The first kappa shape index (κ1) is 11.9. The number of hydrogen-bond donors (Lipinski definition) is 0. The fraction of sp³-hybridized carbons (Fsp3) is 0.929. The number of hydrogen-bond acceptors (Lipinski definition) is 2. The van der Waals surface area contributed by atoms with E-state index in [-0.39, 0.29) is 5.41 Å². The Kier molecular flexibility index (Phi) is 4.23. The van der Waals surface area contributed by atoms with E-state index >= 15 is 0 Å². The van der Waals surface area contributed by atoms with Crippen molar-refractivity contribution in [2.45, 2.75) is 57.8 Å². The minimum atomic E-state index is 0.0124. The Morgan fingerprint density at radius 2 is 1.69 bits per heavy atom. The minimum absolute atomic E-state index is 0.0124. The highest BCUT2D eigenvalue weighted by Gasteiger charge is 2.34. The molecular weight excluding hydrogens is 198 g/mol. The predicted octanol–water partition coefficient (Wildman–Crippen LogP) is 3.67. The summed E-state index contributed by atoms with van der Waals surface area (Å²) in [4.78, 5) is 0. The molecular formula is C14H23NO. The first-order chi connectivity index (χ1) is 7.85. The van der Waals surface area contributed by atoms with Crippen LogP contribution in [0.1, 0.15) is 57.8 Å². The Labute approximate surface area is 99.0 Å². The summed E-state index contributed by atoms with van der Waals surface area (Å²) in [5.74, 6) is 0.742. The zero-order valence-electron chi connectivity index (χ0n) is 10.2. The molecule has 0 atom stereocenters. The molecule has 2 aliphatic rings. The van der Waals surface area contributed by atoms with Gasteiger partial charge in [0.05, 0.1) is 11.5 Å². The highest BCUT2D eigenvalue weighted by molar-refractivity contribution is 5.00. The van der Waals surface area contributed by atoms with E-state index in [1.165, 1.54) is 38.5 Å². The maximum Gasteiger partial charge on any atom is 0.0689 e. The molecule has 2 fully saturated rings. The Balaban J connectivity index is 1.94. The summed E-state index contributed by atoms with van der Waals surface area (Å²) in [6, 6.07) is 2.66. The third-order valence-corrected chi connectivity index (χ3v) is 4.32. The van der Waals surface area contributed by atoms with E-state index in [1.807, 2.05) is 0 Å². The lowest BCUT2D eigenvalue weighted by molar-refractivity contribution is 0.0515. The molecule has 1 saturated heterocycles. The summed E-state index contributed by atoms with van der Waals surface area (Å²) in [6.07, 6.45) is 10.9. The fourth-order valence-electron chi connectivity index (χ4n) is 3.27. The molecule has 1 saturated carbocycles. The molecule has 2 heteroatoms. The Bertz CT molecular complexity index is 242. The SMILES string of the molecule is N#CC1(CC2CCOCC2)CCCCCC1. The van der Waals surface area contributed by atoms with Crippen LogP contribution in [0.15, 0.2) is 0 Å². The van der Waals surface area contributed by atoms with Gasteiger partial charge in [-0.15, -0.1) is 0 Å². The zero-order chi connectivity index (χ0) is 11.3. The summed E-state index contributed by atoms with van der Waals surface area (Å²) >= 11 is 0. The van der Waals surface area contributed by atoms with Crippen molar-refractivity contribution in [1.29, 1.82) is 5.26 Å². The van der Waals surface area contributed by atoms with Crippen LogP contribution < -0.4 is 0 Å². The highest BCUT2D eigenvalue weighted by Crippen LogP contribution is 2.41. The molecule has 2 rings (SSSR count). The van der Waals surface area contributed by atoms with Gasteiger partial charge in [-0.05, 0) is 38.0 Å².